The molecule has 1 aromatic rings. The summed E-state index contributed by atoms with van der Waals surface area (Å²) in [6.07, 6.45) is -3.61. The molecule has 7 heteroatoms. The van der Waals surface area contributed by atoms with Crippen LogP contribution in [0.15, 0.2) is 12.1 Å². The number of hydrogen-bond donors (Lipinski definition) is 3. The minimum Gasteiger partial charge on any atom is -0.477 e. The third-order valence-electron chi connectivity index (χ3n) is 2.28. The molecule has 0 saturated heterocycles. The lowest BCUT2D eigenvalue weighted by atomic mass is 10.0. The molecule has 0 aliphatic rings. The number of benzene rings is 1. The average Bonchev–Trinajstić information content (AvgIpc) is 2.26. The van der Waals surface area contributed by atoms with Gasteiger partial charge in [0, 0.05) is 0 Å². The monoisotopic (exact) mass is 257 g/mol. The fourth-order valence-electron chi connectivity index (χ4n) is 1.40. The lowest BCUT2D eigenvalue weighted by Gasteiger charge is -2.16. The normalized spacial score (nSPS) is 13.7. The lowest BCUT2D eigenvalue weighted by molar-refractivity contribution is 0.0212. The maximum atomic E-state index is 13.3. The molecule has 0 bridgehead atoms. The number of carbonyl (C=O) groups is 1. The second-order valence-corrected chi connectivity index (χ2v) is 3.54. The van der Waals surface area contributed by atoms with Crippen molar-refractivity contribution in [1.29, 1.82) is 5.26 Å². The smallest absolute Gasteiger partial charge is 0.341 e. The Labute approximate surface area is 101 Å². The van der Waals surface area contributed by atoms with Gasteiger partial charge in [-0.05, 0) is 17.7 Å². The highest BCUT2D eigenvalue weighted by Gasteiger charge is 2.23. The zero-order chi connectivity index (χ0) is 13.9. The molecule has 0 aromatic heterocycles. The van der Waals surface area contributed by atoms with Crippen LogP contribution in [0, 0.1) is 23.0 Å². The van der Waals surface area contributed by atoms with Crippen LogP contribution >= 0.6 is 0 Å². The van der Waals surface area contributed by atoms with E-state index in [0.29, 0.717) is 12.1 Å². The van der Waals surface area contributed by atoms with Crippen molar-refractivity contribution in [3.8, 4) is 6.07 Å². The molecule has 18 heavy (non-hydrogen) atoms. The predicted molar refractivity (Wildman–Crippen MR) is 54.5 cm³/mol. The number of carboxylic acid groups (broad SMARTS) is 1. The van der Waals surface area contributed by atoms with E-state index in [9.17, 15) is 23.8 Å². The van der Waals surface area contributed by atoms with Crippen LogP contribution in [0.25, 0.3) is 0 Å². The maximum Gasteiger partial charge on any atom is 0.341 e. The van der Waals surface area contributed by atoms with Gasteiger partial charge in [0.1, 0.15) is 23.3 Å². The molecule has 0 saturated carbocycles. The lowest BCUT2D eigenvalue weighted by Crippen LogP contribution is -2.18. The van der Waals surface area contributed by atoms with Crippen molar-refractivity contribution >= 4 is 5.97 Å². The van der Waals surface area contributed by atoms with Crippen molar-refractivity contribution in [3.05, 3.63) is 34.9 Å². The van der Waals surface area contributed by atoms with Crippen LogP contribution in [0.5, 0.6) is 0 Å². The zero-order valence-electron chi connectivity index (χ0n) is 8.97. The molecule has 0 aliphatic carbocycles. The zero-order valence-corrected chi connectivity index (χ0v) is 8.97. The van der Waals surface area contributed by atoms with E-state index >= 15 is 0 Å². The van der Waals surface area contributed by atoms with Gasteiger partial charge in [-0.2, -0.15) is 5.26 Å². The van der Waals surface area contributed by atoms with E-state index in [0.717, 1.165) is 0 Å². The van der Waals surface area contributed by atoms with Gasteiger partial charge in [0.15, 0.2) is 0 Å². The molecule has 0 radical (unpaired) electrons. The van der Waals surface area contributed by atoms with E-state index in [1.165, 1.54) is 0 Å². The molecule has 2 atom stereocenters. The molecule has 1 aromatic carbocycles. The van der Waals surface area contributed by atoms with E-state index in [1.54, 1.807) is 6.07 Å². The highest BCUT2D eigenvalue weighted by molar-refractivity contribution is 5.88. The fourth-order valence-corrected chi connectivity index (χ4v) is 1.40. The first-order valence-electron chi connectivity index (χ1n) is 4.83. The van der Waals surface area contributed by atoms with Crippen molar-refractivity contribution < 1.29 is 28.9 Å². The van der Waals surface area contributed by atoms with Crippen molar-refractivity contribution in [2.75, 3.05) is 0 Å². The molecule has 96 valence electrons. The standard InChI is InChI=1S/C11H9F2NO4/c12-6-3-5(10(16)8(15)1-2-14)4-7(13)9(6)11(17)18/h3-4,8,10,15-16H,1H2,(H,17,18). The molecule has 3 N–H and O–H groups in total. The van der Waals surface area contributed by atoms with Gasteiger partial charge in [-0.3, -0.25) is 0 Å². The van der Waals surface area contributed by atoms with E-state index in [1.807, 2.05) is 0 Å². The van der Waals surface area contributed by atoms with Crippen LogP contribution in [-0.2, 0) is 0 Å². The quantitative estimate of drug-likeness (QED) is 0.746. The third kappa shape index (κ3) is 2.80. The minimum absolute atomic E-state index is 0.335. The number of carboxylic acids is 1. The van der Waals surface area contributed by atoms with Crippen LogP contribution in [0.1, 0.15) is 28.4 Å². The Morgan fingerprint density at radius 2 is 1.83 bits per heavy atom. The first kappa shape index (κ1) is 14.0. The Balaban J connectivity index is 3.14. The van der Waals surface area contributed by atoms with Crippen molar-refractivity contribution in [2.24, 2.45) is 0 Å². The number of rotatable bonds is 4. The van der Waals surface area contributed by atoms with Gasteiger partial charge < -0.3 is 15.3 Å². The Hall–Kier alpha value is -2.04. The van der Waals surface area contributed by atoms with Crippen LogP contribution in [0.2, 0.25) is 0 Å². The van der Waals surface area contributed by atoms with Gasteiger partial charge in [0.25, 0.3) is 0 Å². The van der Waals surface area contributed by atoms with Gasteiger partial charge >= 0.3 is 5.97 Å². The second-order valence-electron chi connectivity index (χ2n) is 3.54. The fraction of sp³-hybridized carbons (Fsp3) is 0.273. The third-order valence-corrected chi connectivity index (χ3v) is 2.28. The first-order valence-corrected chi connectivity index (χ1v) is 4.83. The van der Waals surface area contributed by atoms with Crippen molar-refractivity contribution in [1.82, 2.24) is 0 Å². The van der Waals surface area contributed by atoms with Crippen LogP contribution in [0.4, 0.5) is 8.78 Å². The van der Waals surface area contributed by atoms with Crippen molar-refractivity contribution in [2.45, 2.75) is 18.6 Å². The number of aliphatic hydroxyl groups excluding tert-OH is 2. The number of hydrogen-bond acceptors (Lipinski definition) is 4. The molecule has 0 amide bonds. The number of aliphatic hydroxyl groups is 2. The summed E-state index contributed by atoms with van der Waals surface area (Å²) < 4.78 is 26.6. The van der Waals surface area contributed by atoms with Crippen LogP contribution in [0.3, 0.4) is 0 Å². The van der Waals surface area contributed by atoms with Crippen molar-refractivity contribution in [3.63, 3.8) is 0 Å². The summed E-state index contributed by atoms with van der Waals surface area (Å²) in [6, 6.07) is 2.80. The largest absolute Gasteiger partial charge is 0.477 e. The van der Waals surface area contributed by atoms with Gasteiger partial charge in [-0.15, -0.1) is 0 Å². The molecule has 0 heterocycles. The Morgan fingerprint density at radius 1 is 1.33 bits per heavy atom. The summed E-state index contributed by atoms with van der Waals surface area (Å²) in [6.45, 7) is 0. The number of nitriles is 1. The Bertz CT molecular complexity index is 489. The predicted octanol–water partition coefficient (Wildman–Crippen LogP) is 0.971. The van der Waals surface area contributed by atoms with Gasteiger partial charge in [-0.1, -0.05) is 0 Å². The molecule has 2 unspecified atom stereocenters. The molecule has 0 spiro atoms. The summed E-state index contributed by atoms with van der Waals surface area (Å²) in [5.74, 6) is -4.50. The summed E-state index contributed by atoms with van der Waals surface area (Å²) in [5, 5.41) is 35.7. The summed E-state index contributed by atoms with van der Waals surface area (Å²) in [4.78, 5) is 10.5. The SMILES string of the molecule is N#CCC(O)C(O)c1cc(F)c(C(=O)O)c(F)c1. The number of aromatic carboxylic acids is 1. The second kappa shape index (κ2) is 5.53. The Morgan fingerprint density at radius 3 is 2.22 bits per heavy atom. The highest BCUT2D eigenvalue weighted by atomic mass is 19.1. The highest BCUT2D eigenvalue weighted by Crippen LogP contribution is 2.23. The summed E-state index contributed by atoms with van der Waals surface area (Å²) >= 11 is 0. The molecule has 1 rings (SSSR count). The average molecular weight is 257 g/mol. The molecular formula is C11H9F2NO4. The first-order chi connectivity index (χ1) is 8.38. The topological polar surface area (TPSA) is 102 Å². The molecular weight excluding hydrogens is 248 g/mol. The van der Waals surface area contributed by atoms with E-state index < -0.39 is 41.8 Å². The molecule has 5 nitrogen and oxygen atoms in total. The van der Waals surface area contributed by atoms with E-state index in [4.69, 9.17) is 10.4 Å². The van der Waals surface area contributed by atoms with Gasteiger partial charge in [0.2, 0.25) is 0 Å². The van der Waals surface area contributed by atoms with Crippen LogP contribution in [-0.4, -0.2) is 27.4 Å². The maximum absolute atomic E-state index is 13.3. The van der Waals surface area contributed by atoms with Crippen LogP contribution < -0.4 is 0 Å². The van der Waals surface area contributed by atoms with E-state index in [-0.39, 0.29) is 5.56 Å². The van der Waals surface area contributed by atoms with Gasteiger partial charge in [-0.25, -0.2) is 13.6 Å². The number of nitrogens with zero attached hydrogens (tertiary/aromatic N) is 1. The minimum atomic E-state index is -1.77. The molecule has 0 fully saturated rings. The molecule has 0 aliphatic heterocycles. The number of halogens is 2. The summed E-state index contributed by atoms with van der Waals surface area (Å²) in [7, 11) is 0. The van der Waals surface area contributed by atoms with Gasteiger partial charge in [0.05, 0.1) is 18.6 Å². The Kier molecular flexibility index (Phi) is 4.31. The summed E-state index contributed by atoms with van der Waals surface area (Å²) in [5.41, 5.74) is -1.47. The van der Waals surface area contributed by atoms with E-state index in [2.05, 4.69) is 0 Å².